The molecule has 8 aromatic rings. The molecule has 0 amide bonds. The Labute approximate surface area is 323 Å². The summed E-state index contributed by atoms with van der Waals surface area (Å²) in [6.45, 7) is 6.54. The molecule has 1 radical (unpaired) electrons. The van der Waals surface area contributed by atoms with Crippen LogP contribution < -0.4 is 4.40 Å². The number of aryl methyl sites for hydroxylation is 1. The topological polar surface area (TPSA) is 38.9 Å². The van der Waals surface area contributed by atoms with Gasteiger partial charge < -0.3 is 9.40 Å². The van der Waals surface area contributed by atoms with Gasteiger partial charge in [-0.15, -0.1) is 18.2 Å². The second kappa shape index (κ2) is 16.0. The van der Waals surface area contributed by atoms with Crippen LogP contribution in [0.3, 0.4) is 0 Å². The molecule has 0 aliphatic carbocycles. The number of aromatic nitrogens is 2. The van der Waals surface area contributed by atoms with Gasteiger partial charge in [0.2, 0.25) is 0 Å². The second-order valence-electron chi connectivity index (χ2n) is 14.4. The van der Waals surface area contributed by atoms with Gasteiger partial charge in [-0.1, -0.05) is 73.3 Å². The number of rotatable bonds is 6. The molecule has 5 aromatic carbocycles. The summed E-state index contributed by atoms with van der Waals surface area (Å²) in [5, 5.41) is 2.22. The Bertz CT molecular complexity index is 2430. The zero-order chi connectivity index (χ0) is 35.5. The van der Waals surface area contributed by atoms with E-state index in [0.29, 0.717) is 5.92 Å². The molecule has 5 heteroatoms. The molecular formula is C47H42GeIrN2O-2. The minimum absolute atomic E-state index is 0. The molecule has 8 rings (SSSR count). The van der Waals surface area contributed by atoms with E-state index >= 15 is 0 Å². The number of benzene rings is 5. The average molecular weight is 916 g/mol. The van der Waals surface area contributed by atoms with Crippen LogP contribution in [0.4, 0.5) is 0 Å². The Morgan fingerprint density at radius 2 is 1.27 bits per heavy atom. The van der Waals surface area contributed by atoms with E-state index in [4.69, 9.17) is 4.42 Å². The van der Waals surface area contributed by atoms with Crippen molar-refractivity contribution in [1.82, 2.24) is 9.97 Å². The summed E-state index contributed by atoms with van der Waals surface area (Å²) in [4.78, 5) is 9.35. The molecule has 0 N–H and O–H groups in total. The monoisotopic (exact) mass is 917 g/mol. The van der Waals surface area contributed by atoms with Crippen molar-refractivity contribution < 1.29 is 24.5 Å². The van der Waals surface area contributed by atoms with Crippen molar-refractivity contribution in [2.75, 3.05) is 0 Å². The van der Waals surface area contributed by atoms with Gasteiger partial charge >= 0.3 is 135 Å². The Hall–Kier alpha value is -4.61. The molecule has 52 heavy (non-hydrogen) atoms. The molecule has 0 atom stereocenters. The zero-order valence-electron chi connectivity index (χ0n) is 30.5. The third-order valence-corrected chi connectivity index (χ3v) is 13.6. The molecule has 3 aromatic heterocycles. The van der Waals surface area contributed by atoms with E-state index in [1.165, 1.54) is 32.2 Å². The van der Waals surface area contributed by atoms with E-state index in [9.17, 15) is 0 Å². The van der Waals surface area contributed by atoms with Crippen molar-refractivity contribution >= 4 is 39.6 Å². The van der Waals surface area contributed by atoms with E-state index < -0.39 is 13.3 Å². The summed E-state index contributed by atoms with van der Waals surface area (Å²) >= 11 is -1.79. The number of pyridine rings is 2. The molecule has 0 unspecified atom stereocenters. The molecule has 0 aliphatic heterocycles. The molecule has 0 saturated carbocycles. The van der Waals surface area contributed by atoms with Gasteiger partial charge in [0.05, 0.1) is 5.58 Å². The SMILES string of the molecule is Cc1cnc(-c2[c-]ccc3c2oc2cc(-c4ccccc4)ccc23)cc1C(C)C.[CH3][Ge]([CH3])([CH3])[c]1ccc(-c2[c-]ccc(-c3ccccc3)c2)nc1.[Ir]. The summed E-state index contributed by atoms with van der Waals surface area (Å²) < 4.78 is 7.79. The standard InChI is InChI=1S/C27H22NO.C20H20GeN.Ir/c1-17(2)24-15-25(28-16-18(24)3)23-11-7-10-22-21-13-12-20(14-26(21)29-27(22)23)19-8-5-4-6-9-19;1-21(2,3)19-12-13-20(22-15-19)18-11-7-10-17(14-18)16-8-5-4-6-9-16;/h4-10,12-17H,1-3H3;4-10,12-15H,1-3H3;/q2*-1;. The average Bonchev–Trinajstić information content (AvgIpc) is 3.54. The number of hydrogen-bond acceptors (Lipinski definition) is 3. The van der Waals surface area contributed by atoms with E-state index in [1.807, 2.05) is 30.5 Å². The molecule has 3 heterocycles. The molecule has 0 aliphatic rings. The van der Waals surface area contributed by atoms with Gasteiger partial charge in [0.25, 0.3) is 0 Å². The van der Waals surface area contributed by atoms with Crippen molar-refractivity contribution in [2.45, 2.75) is 44.0 Å². The van der Waals surface area contributed by atoms with E-state index in [-0.39, 0.29) is 20.1 Å². The van der Waals surface area contributed by atoms with Crippen molar-refractivity contribution in [3.8, 4) is 44.8 Å². The molecule has 0 bridgehead atoms. The van der Waals surface area contributed by atoms with Crippen LogP contribution in [0.2, 0.25) is 17.3 Å². The van der Waals surface area contributed by atoms with Crippen LogP contribution in [0.1, 0.15) is 30.9 Å². The second-order valence-corrected chi connectivity index (χ2v) is 25.0. The number of hydrogen-bond donors (Lipinski definition) is 0. The number of fused-ring (bicyclic) bond motifs is 3. The van der Waals surface area contributed by atoms with E-state index in [1.54, 1.807) is 0 Å². The summed E-state index contributed by atoms with van der Waals surface area (Å²) in [6.07, 6.45) is 4.01. The first-order valence-corrected chi connectivity index (χ1v) is 24.9. The van der Waals surface area contributed by atoms with Crippen LogP contribution in [0.5, 0.6) is 0 Å². The van der Waals surface area contributed by atoms with Gasteiger partial charge in [0, 0.05) is 31.7 Å². The van der Waals surface area contributed by atoms with Crippen molar-refractivity contribution in [2.24, 2.45) is 0 Å². The predicted octanol–water partition coefficient (Wildman–Crippen LogP) is 12.3. The van der Waals surface area contributed by atoms with Gasteiger partial charge in [-0.25, -0.2) is 0 Å². The van der Waals surface area contributed by atoms with Crippen LogP contribution in [-0.4, -0.2) is 23.2 Å². The van der Waals surface area contributed by atoms with Crippen molar-refractivity contribution in [3.05, 3.63) is 163 Å². The Morgan fingerprint density at radius 3 is 1.90 bits per heavy atom. The largest absolute Gasteiger partial charge is 0 e. The molecule has 0 saturated heterocycles. The van der Waals surface area contributed by atoms with Crippen LogP contribution in [0.15, 0.2) is 144 Å². The first-order valence-electron chi connectivity index (χ1n) is 17.6. The third kappa shape index (κ3) is 8.05. The quantitative estimate of drug-likeness (QED) is 0.123. The summed E-state index contributed by atoms with van der Waals surface area (Å²) in [5.74, 6) is 7.61. The molecular weight excluding hydrogens is 873 g/mol. The number of nitrogens with zero attached hydrogens (tertiary/aromatic N) is 2. The third-order valence-electron chi connectivity index (χ3n) is 9.38. The molecule has 261 valence electrons. The summed E-state index contributed by atoms with van der Waals surface area (Å²) in [6, 6.07) is 50.7. The van der Waals surface area contributed by atoms with Gasteiger partial charge in [-0.3, -0.25) is 0 Å². The summed E-state index contributed by atoms with van der Waals surface area (Å²) in [5.41, 5.74) is 12.9. The Kier molecular flexibility index (Phi) is 11.4. The minimum Gasteiger partial charge on any atom is 0 e. The first-order chi connectivity index (χ1) is 24.7. The maximum Gasteiger partial charge on any atom is 0 e. The smallest absolute Gasteiger partial charge is 0 e. The van der Waals surface area contributed by atoms with Crippen LogP contribution in [0.25, 0.3) is 66.7 Å². The Morgan fingerprint density at radius 1 is 0.615 bits per heavy atom. The fraction of sp³-hybridized carbons (Fsp3) is 0.149. The van der Waals surface area contributed by atoms with Crippen molar-refractivity contribution in [3.63, 3.8) is 0 Å². The number of furan rings is 1. The predicted molar refractivity (Wildman–Crippen MR) is 217 cm³/mol. The Balaban J connectivity index is 0.000000182. The maximum absolute atomic E-state index is 6.36. The fourth-order valence-electron chi connectivity index (χ4n) is 6.46. The van der Waals surface area contributed by atoms with Gasteiger partial charge in [0.1, 0.15) is 5.58 Å². The van der Waals surface area contributed by atoms with Gasteiger partial charge in [-0.05, 0) is 46.9 Å². The summed E-state index contributed by atoms with van der Waals surface area (Å²) in [7, 11) is 0. The van der Waals surface area contributed by atoms with Gasteiger partial charge in [0.15, 0.2) is 0 Å². The first kappa shape index (κ1) is 37.2. The van der Waals surface area contributed by atoms with Crippen LogP contribution in [-0.2, 0) is 20.1 Å². The van der Waals surface area contributed by atoms with E-state index in [0.717, 1.165) is 50.0 Å². The van der Waals surface area contributed by atoms with E-state index in [2.05, 4.69) is 169 Å². The molecule has 0 fully saturated rings. The zero-order valence-corrected chi connectivity index (χ0v) is 35.0. The molecule has 3 nitrogen and oxygen atoms in total. The normalized spacial score (nSPS) is 11.3. The van der Waals surface area contributed by atoms with Crippen LogP contribution in [0, 0.1) is 19.1 Å². The van der Waals surface area contributed by atoms with Crippen molar-refractivity contribution in [1.29, 1.82) is 0 Å². The van der Waals surface area contributed by atoms with Crippen LogP contribution >= 0.6 is 0 Å². The fourth-order valence-corrected chi connectivity index (χ4v) is 8.63. The minimum atomic E-state index is -1.79. The molecule has 0 spiro atoms. The van der Waals surface area contributed by atoms with Gasteiger partial charge in [-0.2, -0.15) is 0 Å². The maximum atomic E-state index is 6.36.